The highest BCUT2D eigenvalue weighted by atomic mass is 16.3. The highest BCUT2D eigenvalue weighted by Gasteiger charge is 2.29. The molecule has 6 rings (SSSR count). The summed E-state index contributed by atoms with van der Waals surface area (Å²) in [7, 11) is 0. The molecule has 2 aromatic heterocycles. The molecule has 0 unspecified atom stereocenters. The standard InChI is InChI=1S/C39H41N3O/c1-37(2,3)26-22-28-31-27(20-21-29(38(4,5)6)33(31)43-32(28)30(23-26)39(7,8)9)36-41-34(24-16-12-10-13-17-24)40-35(42-36)25-18-14-11-15-19-25/h10-23H,1-9H3. The molecular formula is C39H41N3O. The van der Waals surface area contributed by atoms with Crippen LogP contribution in [0.2, 0.25) is 0 Å². The Morgan fingerprint density at radius 2 is 1.00 bits per heavy atom. The minimum atomic E-state index is -0.122. The first-order valence-electron chi connectivity index (χ1n) is 15.1. The second kappa shape index (κ2) is 10.2. The van der Waals surface area contributed by atoms with E-state index in [0.29, 0.717) is 17.5 Å². The van der Waals surface area contributed by atoms with E-state index in [4.69, 9.17) is 19.4 Å². The summed E-state index contributed by atoms with van der Waals surface area (Å²) in [6.07, 6.45) is 0. The minimum absolute atomic E-state index is 0.0340. The highest BCUT2D eigenvalue weighted by molar-refractivity contribution is 6.14. The van der Waals surface area contributed by atoms with E-state index in [1.807, 2.05) is 60.7 Å². The van der Waals surface area contributed by atoms with E-state index in [9.17, 15) is 0 Å². The van der Waals surface area contributed by atoms with E-state index in [0.717, 1.165) is 38.6 Å². The summed E-state index contributed by atoms with van der Waals surface area (Å²) in [5, 5.41) is 2.17. The van der Waals surface area contributed by atoms with Gasteiger partial charge in [-0.1, -0.05) is 135 Å². The molecule has 0 saturated carbocycles. The maximum absolute atomic E-state index is 6.96. The normalized spacial score (nSPS) is 12.8. The van der Waals surface area contributed by atoms with Crippen LogP contribution in [0, 0.1) is 0 Å². The zero-order valence-corrected chi connectivity index (χ0v) is 26.8. The van der Waals surface area contributed by atoms with Crippen LogP contribution in [0.4, 0.5) is 0 Å². The number of rotatable bonds is 3. The maximum atomic E-state index is 6.96. The lowest BCUT2D eigenvalue weighted by Crippen LogP contribution is -2.16. The Balaban J connectivity index is 1.76. The molecule has 0 amide bonds. The van der Waals surface area contributed by atoms with E-state index < -0.39 is 0 Å². The van der Waals surface area contributed by atoms with Gasteiger partial charge < -0.3 is 4.42 Å². The molecule has 218 valence electrons. The van der Waals surface area contributed by atoms with Gasteiger partial charge in [0.05, 0.1) is 0 Å². The molecular weight excluding hydrogens is 526 g/mol. The van der Waals surface area contributed by atoms with Gasteiger partial charge >= 0.3 is 0 Å². The Kier molecular flexibility index (Phi) is 6.80. The van der Waals surface area contributed by atoms with Gasteiger partial charge in [-0.2, -0.15) is 0 Å². The van der Waals surface area contributed by atoms with Gasteiger partial charge in [0.15, 0.2) is 17.5 Å². The zero-order valence-electron chi connectivity index (χ0n) is 26.8. The van der Waals surface area contributed by atoms with Gasteiger partial charge in [-0.25, -0.2) is 15.0 Å². The number of fused-ring (bicyclic) bond motifs is 3. The number of aromatic nitrogens is 3. The third-order valence-electron chi connectivity index (χ3n) is 8.14. The van der Waals surface area contributed by atoms with Crippen LogP contribution in [0.15, 0.2) is 89.3 Å². The average Bonchev–Trinajstić information content (AvgIpc) is 3.35. The zero-order chi connectivity index (χ0) is 30.7. The van der Waals surface area contributed by atoms with Crippen LogP contribution in [0.3, 0.4) is 0 Å². The SMILES string of the molecule is CC(C)(C)c1cc(C(C)(C)C)c2oc3c(C(C)(C)C)ccc(-c4nc(-c5ccccc5)nc(-c5ccccc5)n4)c3c2c1. The van der Waals surface area contributed by atoms with Crippen molar-refractivity contribution in [3.63, 3.8) is 0 Å². The molecule has 0 aliphatic heterocycles. The Hall–Kier alpha value is -4.31. The van der Waals surface area contributed by atoms with Crippen LogP contribution in [0.1, 0.15) is 79.0 Å². The van der Waals surface area contributed by atoms with Crippen LogP contribution < -0.4 is 0 Å². The van der Waals surface area contributed by atoms with Crippen LogP contribution >= 0.6 is 0 Å². The molecule has 4 nitrogen and oxygen atoms in total. The van der Waals surface area contributed by atoms with E-state index in [1.165, 1.54) is 16.7 Å². The van der Waals surface area contributed by atoms with E-state index in [-0.39, 0.29) is 16.2 Å². The number of hydrogen-bond donors (Lipinski definition) is 0. The summed E-state index contributed by atoms with van der Waals surface area (Å²) in [5.41, 5.74) is 8.09. The molecule has 4 aromatic carbocycles. The molecule has 0 fully saturated rings. The molecule has 0 spiro atoms. The van der Waals surface area contributed by atoms with Crippen molar-refractivity contribution >= 4 is 21.9 Å². The van der Waals surface area contributed by atoms with E-state index in [1.54, 1.807) is 0 Å². The largest absolute Gasteiger partial charge is 0.455 e. The highest BCUT2D eigenvalue weighted by Crippen LogP contribution is 2.45. The molecule has 4 heteroatoms. The number of benzene rings is 4. The first-order valence-corrected chi connectivity index (χ1v) is 15.1. The van der Waals surface area contributed by atoms with Crippen LogP contribution in [-0.4, -0.2) is 15.0 Å². The van der Waals surface area contributed by atoms with Crippen molar-refractivity contribution in [2.24, 2.45) is 0 Å². The third-order valence-corrected chi connectivity index (χ3v) is 8.14. The van der Waals surface area contributed by atoms with Gasteiger partial charge in [-0.05, 0) is 33.9 Å². The van der Waals surface area contributed by atoms with Crippen molar-refractivity contribution in [2.45, 2.75) is 78.6 Å². The minimum Gasteiger partial charge on any atom is -0.455 e. The van der Waals surface area contributed by atoms with Gasteiger partial charge in [0.2, 0.25) is 0 Å². The van der Waals surface area contributed by atoms with Crippen molar-refractivity contribution < 1.29 is 4.42 Å². The van der Waals surface area contributed by atoms with Crippen molar-refractivity contribution in [2.75, 3.05) is 0 Å². The predicted octanol–water partition coefficient (Wildman–Crippen LogP) is 10.7. The number of hydrogen-bond acceptors (Lipinski definition) is 4. The fourth-order valence-electron chi connectivity index (χ4n) is 5.68. The lowest BCUT2D eigenvalue weighted by Gasteiger charge is -2.25. The molecule has 43 heavy (non-hydrogen) atoms. The Morgan fingerprint density at radius 3 is 1.49 bits per heavy atom. The number of nitrogens with zero attached hydrogens (tertiary/aromatic N) is 3. The summed E-state index contributed by atoms with van der Waals surface area (Å²) in [4.78, 5) is 15.1. The Bertz CT molecular complexity index is 1890. The fourth-order valence-corrected chi connectivity index (χ4v) is 5.68. The molecule has 0 radical (unpaired) electrons. The van der Waals surface area contributed by atoms with Crippen molar-refractivity contribution in [1.82, 2.24) is 15.0 Å². The summed E-state index contributed by atoms with van der Waals surface area (Å²) in [6, 6.07) is 29.3. The van der Waals surface area contributed by atoms with Crippen molar-refractivity contribution in [1.29, 1.82) is 0 Å². The topological polar surface area (TPSA) is 51.8 Å². The predicted molar refractivity (Wildman–Crippen MR) is 180 cm³/mol. The summed E-state index contributed by atoms with van der Waals surface area (Å²) in [5.74, 6) is 1.94. The first kappa shape index (κ1) is 28.8. The smallest absolute Gasteiger partial charge is 0.164 e. The van der Waals surface area contributed by atoms with Gasteiger partial charge in [0, 0.05) is 38.6 Å². The lowest BCUT2D eigenvalue weighted by molar-refractivity contribution is 0.550. The molecule has 0 saturated heterocycles. The van der Waals surface area contributed by atoms with Crippen molar-refractivity contribution in [3.05, 3.63) is 102 Å². The average molecular weight is 568 g/mol. The second-order valence-electron chi connectivity index (χ2n) is 14.7. The van der Waals surface area contributed by atoms with Gasteiger partial charge in [-0.15, -0.1) is 0 Å². The molecule has 0 N–H and O–H groups in total. The molecule has 2 heterocycles. The number of furan rings is 1. The molecule has 0 aliphatic carbocycles. The Labute approximate surface area is 255 Å². The van der Waals surface area contributed by atoms with Gasteiger partial charge in [-0.3, -0.25) is 0 Å². The lowest BCUT2D eigenvalue weighted by atomic mass is 9.79. The molecule has 6 aromatic rings. The van der Waals surface area contributed by atoms with Gasteiger partial charge in [0.25, 0.3) is 0 Å². The summed E-state index contributed by atoms with van der Waals surface area (Å²) in [6.45, 7) is 20.3. The molecule has 0 aliphatic rings. The van der Waals surface area contributed by atoms with Gasteiger partial charge in [0.1, 0.15) is 11.2 Å². The monoisotopic (exact) mass is 567 g/mol. The fraction of sp³-hybridized carbons (Fsp3) is 0.308. The first-order chi connectivity index (χ1) is 20.2. The van der Waals surface area contributed by atoms with Crippen LogP contribution in [0.5, 0.6) is 0 Å². The quantitative estimate of drug-likeness (QED) is 0.213. The summed E-state index contributed by atoms with van der Waals surface area (Å²) >= 11 is 0. The van der Waals surface area contributed by atoms with E-state index in [2.05, 4.69) is 86.6 Å². The molecule has 0 bridgehead atoms. The Morgan fingerprint density at radius 1 is 0.488 bits per heavy atom. The van der Waals surface area contributed by atoms with Crippen LogP contribution in [-0.2, 0) is 16.2 Å². The third kappa shape index (κ3) is 5.35. The van der Waals surface area contributed by atoms with E-state index >= 15 is 0 Å². The van der Waals surface area contributed by atoms with Crippen molar-refractivity contribution in [3.8, 4) is 34.2 Å². The molecule has 0 atom stereocenters. The van der Waals surface area contributed by atoms with Crippen LogP contribution in [0.25, 0.3) is 56.1 Å². The second-order valence-corrected chi connectivity index (χ2v) is 14.7. The summed E-state index contributed by atoms with van der Waals surface area (Å²) < 4.78 is 6.96. The maximum Gasteiger partial charge on any atom is 0.164 e.